The minimum absolute atomic E-state index is 0.0280. The maximum absolute atomic E-state index is 6.27. The van der Waals surface area contributed by atoms with E-state index >= 15 is 0 Å². The van der Waals surface area contributed by atoms with E-state index in [1.807, 2.05) is 34.5 Å². The van der Waals surface area contributed by atoms with Gasteiger partial charge in [0.1, 0.15) is 5.60 Å². The lowest BCUT2D eigenvalue weighted by Crippen LogP contribution is -2.46. The maximum Gasteiger partial charge on any atom is 0.105 e. The molecule has 0 N–H and O–H groups in total. The lowest BCUT2D eigenvalue weighted by atomic mass is 9.85. The Balaban J connectivity index is 1.32. The standard InChI is InChI=1S/C17H23N3OS/c1-7-18-20(9-1)10-2-8-19-11-5-17(6-12-19)16-15(3-13-21-17)4-14-22-16/h1,4,7,9,14H,2-3,5-6,8,10-13H2. The Morgan fingerprint density at radius 1 is 1.27 bits per heavy atom. The fourth-order valence-electron chi connectivity index (χ4n) is 3.75. The molecule has 0 aromatic carbocycles. The Labute approximate surface area is 135 Å². The van der Waals surface area contributed by atoms with Crippen molar-refractivity contribution in [3.05, 3.63) is 40.3 Å². The van der Waals surface area contributed by atoms with Crippen LogP contribution in [0.1, 0.15) is 29.7 Å². The van der Waals surface area contributed by atoms with Crippen molar-refractivity contribution in [1.29, 1.82) is 0 Å². The first-order valence-electron chi connectivity index (χ1n) is 8.26. The van der Waals surface area contributed by atoms with Crippen molar-refractivity contribution < 1.29 is 4.74 Å². The van der Waals surface area contributed by atoms with Gasteiger partial charge in [0.25, 0.3) is 0 Å². The van der Waals surface area contributed by atoms with Gasteiger partial charge in [-0.1, -0.05) is 0 Å². The van der Waals surface area contributed by atoms with Crippen LogP contribution < -0.4 is 0 Å². The number of hydrogen-bond acceptors (Lipinski definition) is 4. The number of hydrogen-bond donors (Lipinski definition) is 0. The molecule has 0 bridgehead atoms. The van der Waals surface area contributed by atoms with Gasteiger partial charge in [0, 0.05) is 36.9 Å². The molecule has 5 heteroatoms. The van der Waals surface area contributed by atoms with Crippen molar-refractivity contribution in [3.8, 4) is 0 Å². The summed E-state index contributed by atoms with van der Waals surface area (Å²) in [6.07, 6.45) is 8.43. The van der Waals surface area contributed by atoms with Crippen molar-refractivity contribution in [2.45, 2.75) is 37.8 Å². The summed E-state index contributed by atoms with van der Waals surface area (Å²) in [5.74, 6) is 0. The predicted molar refractivity (Wildman–Crippen MR) is 88.2 cm³/mol. The zero-order chi connectivity index (χ0) is 14.8. The van der Waals surface area contributed by atoms with Crippen molar-refractivity contribution >= 4 is 11.3 Å². The van der Waals surface area contributed by atoms with E-state index in [-0.39, 0.29) is 5.60 Å². The Kier molecular flexibility index (Phi) is 4.03. The van der Waals surface area contributed by atoms with Crippen LogP contribution in [0, 0.1) is 0 Å². The molecule has 1 saturated heterocycles. The molecule has 2 aliphatic heterocycles. The number of nitrogens with zero attached hydrogens (tertiary/aromatic N) is 3. The summed E-state index contributed by atoms with van der Waals surface area (Å²) in [7, 11) is 0. The second-order valence-corrected chi connectivity index (χ2v) is 7.25. The zero-order valence-electron chi connectivity index (χ0n) is 12.9. The van der Waals surface area contributed by atoms with Crippen molar-refractivity contribution in [2.75, 3.05) is 26.2 Å². The summed E-state index contributed by atoms with van der Waals surface area (Å²) in [5.41, 5.74) is 1.56. The van der Waals surface area contributed by atoms with Crippen LogP contribution >= 0.6 is 11.3 Å². The van der Waals surface area contributed by atoms with E-state index in [2.05, 4.69) is 21.4 Å². The highest BCUT2D eigenvalue weighted by atomic mass is 32.1. The molecular formula is C17H23N3OS. The molecule has 2 aliphatic rings. The average Bonchev–Trinajstić information content (AvgIpc) is 3.21. The average molecular weight is 317 g/mol. The summed E-state index contributed by atoms with van der Waals surface area (Å²) >= 11 is 1.89. The molecule has 2 aromatic heterocycles. The first-order valence-corrected chi connectivity index (χ1v) is 9.14. The summed E-state index contributed by atoms with van der Waals surface area (Å²) in [5, 5.41) is 6.50. The number of ether oxygens (including phenoxy) is 1. The third kappa shape index (κ3) is 2.73. The van der Waals surface area contributed by atoms with Gasteiger partial charge in [-0.05, 0) is 55.3 Å². The number of piperidine rings is 1. The van der Waals surface area contributed by atoms with Crippen LogP contribution in [0.2, 0.25) is 0 Å². The van der Waals surface area contributed by atoms with Crippen LogP contribution in [0.3, 0.4) is 0 Å². The minimum atomic E-state index is 0.0280. The molecule has 0 radical (unpaired) electrons. The fourth-order valence-corrected chi connectivity index (χ4v) is 4.92. The van der Waals surface area contributed by atoms with Crippen LogP contribution in [0.15, 0.2) is 29.9 Å². The monoisotopic (exact) mass is 317 g/mol. The molecule has 2 aromatic rings. The molecule has 0 amide bonds. The predicted octanol–water partition coefficient (Wildman–Crippen LogP) is 2.90. The van der Waals surface area contributed by atoms with Gasteiger partial charge in [0.15, 0.2) is 0 Å². The Morgan fingerprint density at radius 3 is 3.00 bits per heavy atom. The highest BCUT2D eigenvalue weighted by molar-refractivity contribution is 7.10. The van der Waals surface area contributed by atoms with Gasteiger partial charge in [-0.25, -0.2) is 0 Å². The van der Waals surface area contributed by atoms with Gasteiger partial charge in [-0.2, -0.15) is 5.10 Å². The molecule has 22 heavy (non-hydrogen) atoms. The second kappa shape index (κ2) is 6.14. The van der Waals surface area contributed by atoms with Crippen LogP contribution in [-0.4, -0.2) is 40.9 Å². The highest BCUT2D eigenvalue weighted by Crippen LogP contribution is 2.44. The molecular weight excluding hydrogens is 294 g/mol. The molecule has 4 nitrogen and oxygen atoms in total. The second-order valence-electron chi connectivity index (χ2n) is 6.33. The zero-order valence-corrected chi connectivity index (χ0v) is 13.7. The van der Waals surface area contributed by atoms with E-state index in [0.29, 0.717) is 0 Å². The molecule has 0 atom stereocenters. The largest absolute Gasteiger partial charge is 0.369 e. The van der Waals surface area contributed by atoms with Crippen molar-refractivity contribution in [3.63, 3.8) is 0 Å². The molecule has 1 spiro atoms. The number of likely N-dealkylation sites (tertiary alicyclic amines) is 1. The van der Waals surface area contributed by atoms with E-state index in [1.54, 1.807) is 0 Å². The van der Waals surface area contributed by atoms with E-state index in [9.17, 15) is 0 Å². The molecule has 0 saturated carbocycles. The highest BCUT2D eigenvalue weighted by Gasteiger charge is 2.41. The summed E-state index contributed by atoms with van der Waals surface area (Å²) in [4.78, 5) is 4.09. The summed E-state index contributed by atoms with van der Waals surface area (Å²) in [6.45, 7) is 5.36. The van der Waals surface area contributed by atoms with E-state index in [0.717, 1.165) is 52.0 Å². The third-order valence-electron chi connectivity index (χ3n) is 4.99. The van der Waals surface area contributed by atoms with Gasteiger partial charge < -0.3 is 9.64 Å². The summed E-state index contributed by atoms with van der Waals surface area (Å²) in [6, 6.07) is 4.28. The first-order chi connectivity index (χ1) is 10.9. The van der Waals surface area contributed by atoms with E-state index in [1.165, 1.54) is 16.9 Å². The van der Waals surface area contributed by atoms with Crippen LogP contribution in [-0.2, 0) is 23.3 Å². The van der Waals surface area contributed by atoms with Gasteiger partial charge >= 0.3 is 0 Å². The molecule has 0 unspecified atom stereocenters. The fraction of sp³-hybridized carbons (Fsp3) is 0.588. The SMILES string of the molecule is c1cnn(CCCN2CCC3(CC2)OCCc2ccsc23)c1. The molecule has 1 fully saturated rings. The molecule has 4 heterocycles. The van der Waals surface area contributed by atoms with Crippen LogP contribution in [0.5, 0.6) is 0 Å². The number of rotatable bonds is 4. The van der Waals surface area contributed by atoms with E-state index in [4.69, 9.17) is 4.74 Å². The quantitative estimate of drug-likeness (QED) is 0.868. The third-order valence-corrected chi connectivity index (χ3v) is 6.14. The maximum atomic E-state index is 6.27. The minimum Gasteiger partial charge on any atom is -0.369 e. The van der Waals surface area contributed by atoms with Gasteiger partial charge in [0.05, 0.1) is 6.61 Å². The summed E-state index contributed by atoms with van der Waals surface area (Å²) < 4.78 is 8.29. The van der Waals surface area contributed by atoms with Crippen LogP contribution in [0.25, 0.3) is 0 Å². The molecule has 118 valence electrons. The Hall–Kier alpha value is -1.17. The number of thiophene rings is 1. The van der Waals surface area contributed by atoms with Gasteiger partial charge in [0.2, 0.25) is 0 Å². The van der Waals surface area contributed by atoms with Gasteiger partial charge in [-0.3, -0.25) is 4.68 Å². The Bertz CT molecular complexity index is 599. The first kappa shape index (κ1) is 14.4. The van der Waals surface area contributed by atoms with Crippen molar-refractivity contribution in [2.24, 2.45) is 0 Å². The lowest BCUT2D eigenvalue weighted by molar-refractivity contribution is -0.0951. The molecule has 4 rings (SSSR count). The lowest BCUT2D eigenvalue weighted by Gasteiger charge is -2.43. The molecule has 0 aliphatic carbocycles. The Morgan fingerprint density at radius 2 is 2.18 bits per heavy atom. The smallest absolute Gasteiger partial charge is 0.105 e. The topological polar surface area (TPSA) is 30.3 Å². The van der Waals surface area contributed by atoms with E-state index < -0.39 is 0 Å². The van der Waals surface area contributed by atoms with Crippen LogP contribution in [0.4, 0.5) is 0 Å². The number of aryl methyl sites for hydroxylation is 1. The normalized spacial score (nSPS) is 21.1. The number of aromatic nitrogens is 2. The number of fused-ring (bicyclic) bond motifs is 2. The van der Waals surface area contributed by atoms with Gasteiger partial charge in [-0.15, -0.1) is 11.3 Å². The van der Waals surface area contributed by atoms with Crippen molar-refractivity contribution in [1.82, 2.24) is 14.7 Å².